The number of benzene rings is 1. The number of likely N-dealkylation sites (tertiary alicyclic amines) is 1. The Hall–Kier alpha value is -1.69. The number of carbonyl (C=O) groups excluding carboxylic acids is 1. The molecule has 0 unspecified atom stereocenters. The Labute approximate surface area is 150 Å². The Balaban J connectivity index is 1.78. The monoisotopic (exact) mass is 391 g/mol. The van der Waals surface area contributed by atoms with Crippen LogP contribution in [-0.2, 0) is 4.79 Å². The fourth-order valence-electron chi connectivity index (χ4n) is 3.05. The highest BCUT2D eigenvalue weighted by Crippen LogP contribution is 2.32. The maximum Gasteiger partial charge on any atom is 0.249 e. The molecule has 1 fully saturated rings. The van der Waals surface area contributed by atoms with E-state index in [-0.39, 0.29) is 11.9 Å². The third kappa shape index (κ3) is 3.86. The van der Waals surface area contributed by atoms with Crippen LogP contribution in [0.4, 0.5) is 0 Å². The van der Waals surface area contributed by atoms with Crippen LogP contribution in [0.2, 0.25) is 0 Å². The van der Waals surface area contributed by atoms with Gasteiger partial charge in [-0.15, -0.1) is 0 Å². The number of piperidine rings is 1. The standard InChI is InChI=1S/C18H22BrN3O2/c1-2-3-7-16(23)22-12-5-4-6-15(22)18-20-17(21-24-18)13-8-10-14(19)11-9-13/h8-11,15H,2-7,12H2,1H3/t15-/m1/s1. The van der Waals surface area contributed by atoms with Crippen LogP contribution in [0.25, 0.3) is 11.4 Å². The normalized spacial score (nSPS) is 17.9. The van der Waals surface area contributed by atoms with E-state index in [0.29, 0.717) is 18.1 Å². The highest BCUT2D eigenvalue weighted by molar-refractivity contribution is 9.10. The maximum atomic E-state index is 12.5. The second-order valence-electron chi connectivity index (χ2n) is 6.17. The number of nitrogens with zero attached hydrogens (tertiary/aromatic N) is 3. The van der Waals surface area contributed by atoms with Gasteiger partial charge < -0.3 is 9.42 Å². The van der Waals surface area contributed by atoms with Crippen molar-refractivity contribution < 1.29 is 9.32 Å². The zero-order valence-electron chi connectivity index (χ0n) is 13.9. The smallest absolute Gasteiger partial charge is 0.249 e. The fraction of sp³-hybridized carbons (Fsp3) is 0.500. The Morgan fingerprint density at radius 2 is 2.12 bits per heavy atom. The molecule has 1 saturated heterocycles. The minimum Gasteiger partial charge on any atom is -0.337 e. The van der Waals surface area contributed by atoms with Gasteiger partial charge in [-0.1, -0.05) is 34.4 Å². The first-order chi connectivity index (χ1) is 11.7. The molecular weight excluding hydrogens is 370 g/mol. The zero-order valence-corrected chi connectivity index (χ0v) is 15.5. The molecular formula is C18H22BrN3O2. The summed E-state index contributed by atoms with van der Waals surface area (Å²) in [7, 11) is 0. The molecule has 1 aromatic carbocycles. The van der Waals surface area contributed by atoms with Gasteiger partial charge in [0.2, 0.25) is 17.6 Å². The average Bonchev–Trinajstić information content (AvgIpc) is 3.10. The first-order valence-corrected chi connectivity index (χ1v) is 9.37. The molecule has 0 N–H and O–H groups in total. The van der Waals surface area contributed by atoms with Crippen LogP contribution in [0.5, 0.6) is 0 Å². The number of hydrogen-bond donors (Lipinski definition) is 0. The predicted octanol–water partition coefficient (Wildman–Crippen LogP) is 4.74. The van der Waals surface area contributed by atoms with Crippen LogP contribution in [0.3, 0.4) is 0 Å². The molecule has 0 saturated carbocycles. The molecule has 2 heterocycles. The summed E-state index contributed by atoms with van der Waals surface area (Å²) in [6.45, 7) is 2.88. The molecule has 2 aromatic rings. The molecule has 0 radical (unpaired) electrons. The molecule has 1 aliphatic rings. The summed E-state index contributed by atoms with van der Waals surface area (Å²) in [5.41, 5.74) is 0.910. The van der Waals surface area contributed by atoms with Crippen LogP contribution in [0.1, 0.15) is 57.4 Å². The van der Waals surface area contributed by atoms with Crippen molar-refractivity contribution in [2.24, 2.45) is 0 Å². The molecule has 6 heteroatoms. The van der Waals surface area contributed by atoms with E-state index in [2.05, 4.69) is 33.0 Å². The highest BCUT2D eigenvalue weighted by atomic mass is 79.9. The van der Waals surface area contributed by atoms with Crippen molar-refractivity contribution in [2.75, 3.05) is 6.54 Å². The Morgan fingerprint density at radius 1 is 1.33 bits per heavy atom. The predicted molar refractivity (Wildman–Crippen MR) is 95.3 cm³/mol. The lowest BCUT2D eigenvalue weighted by Crippen LogP contribution is -2.38. The number of hydrogen-bond acceptors (Lipinski definition) is 4. The van der Waals surface area contributed by atoms with Gasteiger partial charge in [0.1, 0.15) is 6.04 Å². The van der Waals surface area contributed by atoms with Gasteiger partial charge in [-0.05, 0) is 49.9 Å². The fourth-order valence-corrected chi connectivity index (χ4v) is 3.31. The van der Waals surface area contributed by atoms with Gasteiger partial charge in [-0.3, -0.25) is 4.79 Å². The number of carbonyl (C=O) groups is 1. The van der Waals surface area contributed by atoms with Crippen molar-refractivity contribution in [3.8, 4) is 11.4 Å². The van der Waals surface area contributed by atoms with Crippen molar-refractivity contribution in [1.29, 1.82) is 0 Å². The lowest BCUT2D eigenvalue weighted by molar-refractivity contribution is -0.135. The quantitative estimate of drug-likeness (QED) is 0.737. The Morgan fingerprint density at radius 3 is 2.88 bits per heavy atom. The molecule has 3 rings (SSSR count). The maximum absolute atomic E-state index is 12.5. The number of unbranched alkanes of at least 4 members (excludes halogenated alkanes) is 1. The summed E-state index contributed by atoms with van der Waals surface area (Å²) in [5.74, 6) is 1.33. The molecule has 24 heavy (non-hydrogen) atoms. The van der Waals surface area contributed by atoms with Crippen LogP contribution < -0.4 is 0 Å². The van der Waals surface area contributed by atoms with E-state index in [0.717, 1.165) is 48.7 Å². The van der Waals surface area contributed by atoms with Gasteiger partial charge in [0, 0.05) is 23.0 Å². The van der Waals surface area contributed by atoms with E-state index in [1.165, 1.54) is 0 Å². The summed E-state index contributed by atoms with van der Waals surface area (Å²) in [5, 5.41) is 4.11. The van der Waals surface area contributed by atoms with Crippen molar-refractivity contribution in [1.82, 2.24) is 15.0 Å². The van der Waals surface area contributed by atoms with Crippen molar-refractivity contribution in [2.45, 2.75) is 51.5 Å². The summed E-state index contributed by atoms with van der Waals surface area (Å²) in [4.78, 5) is 19.0. The minimum absolute atomic E-state index is 0.0835. The van der Waals surface area contributed by atoms with Crippen molar-refractivity contribution >= 4 is 21.8 Å². The topological polar surface area (TPSA) is 59.2 Å². The van der Waals surface area contributed by atoms with E-state index < -0.39 is 0 Å². The van der Waals surface area contributed by atoms with Crippen LogP contribution >= 0.6 is 15.9 Å². The molecule has 5 nitrogen and oxygen atoms in total. The number of halogens is 1. The molecule has 1 aromatic heterocycles. The van der Waals surface area contributed by atoms with Crippen LogP contribution in [0, 0.1) is 0 Å². The van der Waals surface area contributed by atoms with E-state index in [1.54, 1.807) is 0 Å². The molecule has 1 aliphatic heterocycles. The summed E-state index contributed by atoms with van der Waals surface area (Å²) < 4.78 is 6.52. The van der Waals surface area contributed by atoms with Crippen LogP contribution in [0.15, 0.2) is 33.3 Å². The van der Waals surface area contributed by atoms with Gasteiger partial charge in [0.05, 0.1) is 0 Å². The lowest BCUT2D eigenvalue weighted by atomic mass is 10.0. The van der Waals surface area contributed by atoms with Gasteiger partial charge in [0.15, 0.2) is 0 Å². The minimum atomic E-state index is -0.0835. The van der Waals surface area contributed by atoms with E-state index in [4.69, 9.17) is 4.52 Å². The molecule has 128 valence electrons. The second kappa shape index (κ2) is 7.92. The van der Waals surface area contributed by atoms with Gasteiger partial charge in [0.25, 0.3) is 0 Å². The van der Waals surface area contributed by atoms with Crippen molar-refractivity contribution in [3.05, 3.63) is 34.6 Å². The molecule has 1 amide bonds. The second-order valence-corrected chi connectivity index (χ2v) is 7.08. The largest absolute Gasteiger partial charge is 0.337 e. The van der Waals surface area contributed by atoms with Gasteiger partial charge in [-0.2, -0.15) is 4.98 Å². The first-order valence-electron chi connectivity index (χ1n) is 8.58. The van der Waals surface area contributed by atoms with E-state index in [9.17, 15) is 4.79 Å². The lowest BCUT2D eigenvalue weighted by Gasteiger charge is -2.33. The Kier molecular flexibility index (Phi) is 5.66. The summed E-state index contributed by atoms with van der Waals surface area (Å²) >= 11 is 3.42. The Bertz CT molecular complexity index is 684. The van der Waals surface area contributed by atoms with Crippen molar-refractivity contribution in [3.63, 3.8) is 0 Å². The average molecular weight is 392 g/mol. The number of rotatable bonds is 5. The van der Waals surface area contributed by atoms with Gasteiger partial charge >= 0.3 is 0 Å². The molecule has 0 spiro atoms. The third-order valence-electron chi connectivity index (χ3n) is 4.40. The number of amides is 1. The summed E-state index contributed by atoms with van der Waals surface area (Å²) in [6.07, 6.45) is 5.56. The van der Waals surface area contributed by atoms with E-state index in [1.807, 2.05) is 29.2 Å². The highest BCUT2D eigenvalue weighted by Gasteiger charge is 2.31. The molecule has 0 aliphatic carbocycles. The zero-order chi connectivity index (χ0) is 16.9. The molecule has 1 atom stereocenters. The first kappa shape index (κ1) is 17.1. The summed E-state index contributed by atoms with van der Waals surface area (Å²) in [6, 6.07) is 7.71. The molecule has 0 bridgehead atoms. The SMILES string of the molecule is CCCCC(=O)N1CCCC[C@@H]1c1nc(-c2ccc(Br)cc2)no1. The third-order valence-corrected chi connectivity index (χ3v) is 4.93. The van der Waals surface area contributed by atoms with Gasteiger partial charge in [-0.25, -0.2) is 0 Å². The van der Waals surface area contributed by atoms with Crippen LogP contribution in [-0.4, -0.2) is 27.5 Å². The van der Waals surface area contributed by atoms with E-state index >= 15 is 0 Å². The number of aromatic nitrogens is 2.